The predicted octanol–water partition coefficient (Wildman–Crippen LogP) is 0.135. The second kappa shape index (κ2) is 6.63. The summed E-state index contributed by atoms with van der Waals surface area (Å²) in [5.74, 6) is -0.477. The van der Waals surface area contributed by atoms with Gasteiger partial charge in [0.2, 0.25) is 11.8 Å². The summed E-state index contributed by atoms with van der Waals surface area (Å²) in [4.78, 5) is 35.4. The number of carbonyl (C=O) groups excluding carboxylic acids is 2. The van der Waals surface area contributed by atoms with Crippen LogP contribution in [0.4, 0.5) is 0 Å². The number of thioether (sulfide) groups is 1. The minimum Gasteiger partial charge on any atom is -0.480 e. The summed E-state index contributed by atoms with van der Waals surface area (Å²) in [6, 6.07) is -0.886. The fraction of sp³-hybridized carbons (Fsp3) is 0.727. The summed E-state index contributed by atoms with van der Waals surface area (Å²) >= 11 is 1.45. The van der Waals surface area contributed by atoms with E-state index < -0.39 is 17.9 Å². The first-order valence-corrected chi connectivity index (χ1v) is 6.93. The van der Waals surface area contributed by atoms with E-state index in [2.05, 4.69) is 5.32 Å². The van der Waals surface area contributed by atoms with Crippen LogP contribution >= 0.6 is 11.8 Å². The number of nitrogens with one attached hydrogen (secondary N) is 1. The van der Waals surface area contributed by atoms with E-state index in [-0.39, 0.29) is 18.4 Å². The molecule has 1 aliphatic rings. The van der Waals surface area contributed by atoms with Gasteiger partial charge in [0.15, 0.2) is 0 Å². The van der Waals surface area contributed by atoms with Crippen LogP contribution in [-0.4, -0.2) is 52.0 Å². The molecular formula is C11H18N2O4S. The standard InChI is InChI=1S/C11H18N2O4S/c1-7(2)3-8(11(16)17)12-9(14)4-13-6-18-5-10(13)15/h7-8H,3-6H2,1-2H3,(H,12,14)(H,16,17). The van der Waals surface area contributed by atoms with Crippen molar-refractivity contribution in [1.29, 1.82) is 0 Å². The van der Waals surface area contributed by atoms with Crippen molar-refractivity contribution >= 4 is 29.5 Å². The highest BCUT2D eigenvalue weighted by Gasteiger charge is 2.26. The molecule has 18 heavy (non-hydrogen) atoms. The third-order valence-corrected chi connectivity index (χ3v) is 3.45. The first-order chi connectivity index (χ1) is 8.40. The second-order valence-electron chi connectivity index (χ2n) is 4.66. The number of amides is 2. The van der Waals surface area contributed by atoms with Crippen LogP contribution in [0.5, 0.6) is 0 Å². The van der Waals surface area contributed by atoms with Crippen molar-refractivity contribution in [2.45, 2.75) is 26.3 Å². The van der Waals surface area contributed by atoms with Crippen LogP contribution < -0.4 is 5.32 Å². The van der Waals surface area contributed by atoms with Crippen LogP contribution in [0.1, 0.15) is 20.3 Å². The molecule has 0 bridgehead atoms. The van der Waals surface area contributed by atoms with Gasteiger partial charge in [-0.05, 0) is 12.3 Å². The molecule has 1 fully saturated rings. The average molecular weight is 274 g/mol. The van der Waals surface area contributed by atoms with Gasteiger partial charge < -0.3 is 15.3 Å². The number of aliphatic carboxylic acids is 1. The molecule has 0 radical (unpaired) electrons. The minimum absolute atomic E-state index is 0.0618. The van der Waals surface area contributed by atoms with Gasteiger partial charge in [-0.1, -0.05) is 13.8 Å². The van der Waals surface area contributed by atoms with Gasteiger partial charge in [0.05, 0.1) is 11.6 Å². The molecule has 0 aromatic heterocycles. The first-order valence-electron chi connectivity index (χ1n) is 5.78. The van der Waals surface area contributed by atoms with Gasteiger partial charge in [-0.15, -0.1) is 11.8 Å². The van der Waals surface area contributed by atoms with E-state index in [4.69, 9.17) is 5.11 Å². The summed E-state index contributed by atoms with van der Waals surface area (Å²) in [6.07, 6.45) is 0.379. The molecule has 1 saturated heterocycles. The summed E-state index contributed by atoms with van der Waals surface area (Å²) in [6.45, 7) is 3.72. The third kappa shape index (κ3) is 4.56. The second-order valence-corrected chi connectivity index (χ2v) is 5.61. The van der Waals surface area contributed by atoms with Crippen molar-refractivity contribution in [2.75, 3.05) is 18.2 Å². The number of hydrogen-bond acceptors (Lipinski definition) is 4. The molecule has 6 nitrogen and oxygen atoms in total. The van der Waals surface area contributed by atoms with Crippen molar-refractivity contribution in [2.24, 2.45) is 5.92 Å². The van der Waals surface area contributed by atoms with E-state index in [0.29, 0.717) is 18.1 Å². The van der Waals surface area contributed by atoms with Gasteiger partial charge >= 0.3 is 5.97 Å². The molecule has 2 N–H and O–H groups in total. The molecule has 1 unspecified atom stereocenters. The highest BCUT2D eigenvalue weighted by molar-refractivity contribution is 8.00. The monoisotopic (exact) mass is 274 g/mol. The smallest absolute Gasteiger partial charge is 0.326 e. The lowest BCUT2D eigenvalue weighted by Gasteiger charge is -2.19. The van der Waals surface area contributed by atoms with Crippen LogP contribution in [0.25, 0.3) is 0 Å². The van der Waals surface area contributed by atoms with Gasteiger partial charge in [0.1, 0.15) is 12.6 Å². The number of carbonyl (C=O) groups is 3. The number of rotatable bonds is 6. The number of carboxylic acids is 1. The van der Waals surface area contributed by atoms with Crippen LogP contribution in [-0.2, 0) is 14.4 Å². The molecule has 1 aliphatic heterocycles. The molecule has 1 atom stereocenters. The normalized spacial score (nSPS) is 17.1. The van der Waals surface area contributed by atoms with E-state index in [9.17, 15) is 14.4 Å². The zero-order chi connectivity index (χ0) is 13.7. The summed E-state index contributed by atoms with van der Waals surface area (Å²) < 4.78 is 0. The maximum Gasteiger partial charge on any atom is 0.326 e. The molecule has 0 saturated carbocycles. The summed E-state index contributed by atoms with van der Waals surface area (Å²) in [5, 5.41) is 11.4. The molecule has 2 amide bonds. The molecule has 1 rings (SSSR count). The molecule has 0 aromatic rings. The quantitative estimate of drug-likeness (QED) is 0.719. The molecular weight excluding hydrogens is 256 g/mol. The molecule has 0 aromatic carbocycles. The van der Waals surface area contributed by atoms with E-state index in [1.807, 2.05) is 13.8 Å². The molecule has 0 spiro atoms. The fourth-order valence-electron chi connectivity index (χ4n) is 1.65. The predicted molar refractivity (Wildman–Crippen MR) is 68.1 cm³/mol. The SMILES string of the molecule is CC(C)CC(NC(=O)CN1CSCC1=O)C(=O)O. The Kier molecular flexibility index (Phi) is 5.46. The molecule has 7 heteroatoms. The fourth-order valence-corrected chi connectivity index (χ4v) is 2.55. The Labute approximate surface area is 110 Å². The minimum atomic E-state index is -1.04. The van der Waals surface area contributed by atoms with E-state index >= 15 is 0 Å². The van der Waals surface area contributed by atoms with Crippen molar-refractivity contribution in [3.63, 3.8) is 0 Å². The third-order valence-electron chi connectivity index (χ3n) is 2.50. The lowest BCUT2D eigenvalue weighted by atomic mass is 10.0. The molecule has 1 heterocycles. The van der Waals surface area contributed by atoms with Crippen molar-refractivity contribution in [3.05, 3.63) is 0 Å². The topological polar surface area (TPSA) is 86.7 Å². The number of carboxylic acid groups (broad SMARTS) is 1. The number of hydrogen-bond donors (Lipinski definition) is 2. The Hall–Kier alpha value is -1.24. The highest BCUT2D eigenvalue weighted by atomic mass is 32.2. The molecule has 0 aliphatic carbocycles. The lowest BCUT2D eigenvalue weighted by Crippen LogP contribution is -2.46. The van der Waals surface area contributed by atoms with E-state index in [0.717, 1.165) is 0 Å². The lowest BCUT2D eigenvalue weighted by molar-refractivity contribution is -0.142. The Morgan fingerprint density at radius 2 is 2.17 bits per heavy atom. The Balaban J connectivity index is 2.45. The largest absolute Gasteiger partial charge is 0.480 e. The Morgan fingerprint density at radius 1 is 1.50 bits per heavy atom. The van der Waals surface area contributed by atoms with Crippen LogP contribution in [0, 0.1) is 5.92 Å². The van der Waals surface area contributed by atoms with Gasteiger partial charge in [0, 0.05) is 0 Å². The van der Waals surface area contributed by atoms with Crippen LogP contribution in [0.3, 0.4) is 0 Å². The summed E-state index contributed by atoms with van der Waals surface area (Å²) in [5.41, 5.74) is 0. The van der Waals surface area contributed by atoms with Crippen molar-refractivity contribution in [3.8, 4) is 0 Å². The van der Waals surface area contributed by atoms with Crippen molar-refractivity contribution in [1.82, 2.24) is 10.2 Å². The molecule has 102 valence electrons. The van der Waals surface area contributed by atoms with Gasteiger partial charge in [-0.25, -0.2) is 4.79 Å². The van der Waals surface area contributed by atoms with Crippen molar-refractivity contribution < 1.29 is 19.5 Å². The highest BCUT2D eigenvalue weighted by Crippen LogP contribution is 2.14. The van der Waals surface area contributed by atoms with E-state index in [1.165, 1.54) is 16.7 Å². The van der Waals surface area contributed by atoms with Crippen LogP contribution in [0.2, 0.25) is 0 Å². The van der Waals surface area contributed by atoms with Crippen LogP contribution in [0.15, 0.2) is 0 Å². The first kappa shape index (κ1) is 14.8. The van der Waals surface area contributed by atoms with E-state index in [1.54, 1.807) is 0 Å². The zero-order valence-corrected chi connectivity index (χ0v) is 11.3. The summed E-state index contributed by atoms with van der Waals surface area (Å²) in [7, 11) is 0. The maximum atomic E-state index is 11.7. The number of nitrogens with zero attached hydrogens (tertiary/aromatic N) is 1. The zero-order valence-electron chi connectivity index (χ0n) is 10.5. The Bertz CT molecular complexity index is 346. The van der Waals surface area contributed by atoms with Gasteiger partial charge in [0.25, 0.3) is 0 Å². The maximum absolute atomic E-state index is 11.7. The van der Waals surface area contributed by atoms with Gasteiger partial charge in [-0.2, -0.15) is 0 Å². The average Bonchev–Trinajstić information content (AvgIpc) is 2.62. The van der Waals surface area contributed by atoms with Gasteiger partial charge in [-0.3, -0.25) is 9.59 Å². The Morgan fingerprint density at radius 3 is 2.61 bits per heavy atom.